The predicted molar refractivity (Wildman–Crippen MR) is 54.6 cm³/mol. The Morgan fingerprint density at radius 1 is 1.50 bits per heavy atom. The van der Waals surface area contributed by atoms with Crippen molar-refractivity contribution in [3.8, 4) is 0 Å². The van der Waals surface area contributed by atoms with Crippen molar-refractivity contribution in [3.05, 3.63) is 18.2 Å². The van der Waals surface area contributed by atoms with Gasteiger partial charge in [0, 0.05) is 17.6 Å². The molecule has 0 bridgehead atoms. The number of aryl methyl sites for hydroxylation is 2. The van der Waals surface area contributed by atoms with Crippen LogP contribution in [0.5, 0.6) is 0 Å². The number of imidazole rings is 1. The molecule has 0 aromatic carbocycles. The van der Waals surface area contributed by atoms with Crippen LogP contribution in [0.25, 0.3) is 0 Å². The van der Waals surface area contributed by atoms with Crippen LogP contribution in [-0.2, 0) is 15.6 Å². The molecule has 0 saturated carbocycles. The van der Waals surface area contributed by atoms with Gasteiger partial charge in [0.05, 0.1) is 12.3 Å². The number of hydrogen-bond acceptors (Lipinski definition) is 2. The molecule has 0 spiro atoms. The highest BCUT2D eigenvalue weighted by Crippen LogP contribution is 2.01. The average Bonchev–Trinajstić information content (AvgIpc) is 2.44. The van der Waals surface area contributed by atoms with E-state index in [0.29, 0.717) is 6.42 Å². The summed E-state index contributed by atoms with van der Waals surface area (Å²) in [6.45, 7) is 2.79. The number of aromatic nitrogens is 2. The van der Waals surface area contributed by atoms with Crippen molar-refractivity contribution < 1.29 is 13.0 Å². The van der Waals surface area contributed by atoms with E-state index in [1.807, 2.05) is 23.9 Å². The van der Waals surface area contributed by atoms with Crippen LogP contribution in [-0.4, -0.2) is 19.2 Å². The maximum atomic E-state index is 10.6. The lowest BCUT2D eigenvalue weighted by Crippen LogP contribution is -2.34. The van der Waals surface area contributed by atoms with Crippen molar-refractivity contribution in [1.82, 2.24) is 4.98 Å². The largest absolute Gasteiger partial charge is 0.251 e. The molecule has 4 nitrogen and oxygen atoms in total. The zero-order valence-electron chi connectivity index (χ0n) is 8.03. The molecule has 0 saturated heterocycles. The van der Waals surface area contributed by atoms with Gasteiger partial charge in [-0.05, 0) is 12.8 Å². The highest BCUT2D eigenvalue weighted by atomic mass is 35.7. The molecule has 80 valence electrons. The highest BCUT2D eigenvalue weighted by Gasteiger charge is 2.07. The van der Waals surface area contributed by atoms with Gasteiger partial charge in [-0.15, -0.1) is 0 Å². The summed E-state index contributed by atoms with van der Waals surface area (Å²) >= 11 is 0. The second kappa shape index (κ2) is 4.79. The zero-order chi connectivity index (χ0) is 10.6. The van der Waals surface area contributed by atoms with Gasteiger partial charge < -0.3 is 0 Å². The van der Waals surface area contributed by atoms with Crippen LogP contribution in [0, 0.1) is 6.92 Å². The molecule has 1 N–H and O–H groups in total. The van der Waals surface area contributed by atoms with E-state index in [-0.39, 0.29) is 5.75 Å². The minimum Gasteiger partial charge on any atom is -0.248 e. The van der Waals surface area contributed by atoms with Crippen molar-refractivity contribution in [1.29, 1.82) is 0 Å². The van der Waals surface area contributed by atoms with Gasteiger partial charge >= 0.3 is 0 Å². The maximum Gasteiger partial charge on any atom is 0.251 e. The fourth-order valence-electron chi connectivity index (χ4n) is 1.24. The fraction of sp³-hybridized carbons (Fsp3) is 0.625. The first-order chi connectivity index (χ1) is 6.49. The summed E-state index contributed by atoms with van der Waals surface area (Å²) in [5.41, 5.74) is 0. The standard InChI is InChI=1S/C8H13ClN2O2S/c1-8-10-4-6-11(8)5-2-3-7-14(9,12)13/h4,6H,2-3,5,7H2,1H3/p+1. The van der Waals surface area contributed by atoms with Gasteiger partial charge in [0.2, 0.25) is 9.05 Å². The Morgan fingerprint density at radius 3 is 2.71 bits per heavy atom. The van der Waals surface area contributed by atoms with Crippen LogP contribution in [0.15, 0.2) is 12.4 Å². The number of nitrogens with zero attached hydrogens (tertiary/aromatic N) is 1. The second-order valence-electron chi connectivity index (χ2n) is 3.19. The van der Waals surface area contributed by atoms with Crippen LogP contribution in [0.1, 0.15) is 18.7 Å². The van der Waals surface area contributed by atoms with Crippen LogP contribution < -0.4 is 4.57 Å². The fourth-order valence-corrected chi connectivity index (χ4v) is 2.12. The first-order valence-corrected chi connectivity index (χ1v) is 6.92. The third kappa shape index (κ3) is 4.11. The number of rotatable bonds is 5. The molecule has 0 radical (unpaired) electrons. The monoisotopic (exact) mass is 237 g/mol. The van der Waals surface area contributed by atoms with E-state index < -0.39 is 9.05 Å². The van der Waals surface area contributed by atoms with Crippen molar-refractivity contribution in [3.63, 3.8) is 0 Å². The zero-order valence-corrected chi connectivity index (χ0v) is 9.61. The molecule has 0 fully saturated rings. The number of halogens is 1. The number of unbranched alkanes of at least 4 members (excludes halogenated alkanes) is 1. The first kappa shape index (κ1) is 11.5. The Morgan fingerprint density at radius 2 is 2.21 bits per heavy atom. The number of nitrogens with one attached hydrogen (secondary N) is 1. The lowest BCUT2D eigenvalue weighted by atomic mass is 10.3. The lowest BCUT2D eigenvalue weighted by Gasteiger charge is -1.97. The summed E-state index contributed by atoms with van der Waals surface area (Å²) in [5, 5.41) is 0. The van der Waals surface area contributed by atoms with Gasteiger partial charge in [0.15, 0.2) is 0 Å². The van der Waals surface area contributed by atoms with E-state index in [1.54, 1.807) is 0 Å². The molecule has 6 heteroatoms. The molecule has 0 aliphatic rings. The van der Waals surface area contributed by atoms with Crippen LogP contribution in [0.3, 0.4) is 0 Å². The summed E-state index contributed by atoms with van der Waals surface area (Å²) in [4.78, 5) is 3.04. The quantitative estimate of drug-likeness (QED) is 0.471. The van der Waals surface area contributed by atoms with Crippen LogP contribution in [0.4, 0.5) is 0 Å². The third-order valence-corrected chi connectivity index (χ3v) is 3.25. The Labute approximate surface area is 88.3 Å². The Kier molecular flexibility index (Phi) is 3.95. The normalized spacial score (nSPS) is 11.9. The first-order valence-electron chi connectivity index (χ1n) is 4.45. The average molecular weight is 238 g/mol. The van der Waals surface area contributed by atoms with Gasteiger partial charge in [-0.3, -0.25) is 0 Å². The molecule has 14 heavy (non-hydrogen) atoms. The minimum absolute atomic E-state index is 0.0542. The molecule has 0 unspecified atom stereocenters. The lowest BCUT2D eigenvalue weighted by molar-refractivity contribution is -0.701. The molecular weight excluding hydrogens is 224 g/mol. The topological polar surface area (TPSA) is 53.8 Å². The van der Waals surface area contributed by atoms with Crippen molar-refractivity contribution in [2.75, 3.05) is 5.75 Å². The van der Waals surface area contributed by atoms with Crippen LogP contribution in [0.2, 0.25) is 0 Å². The van der Waals surface area contributed by atoms with Crippen molar-refractivity contribution >= 4 is 19.7 Å². The second-order valence-corrected chi connectivity index (χ2v) is 6.09. The third-order valence-electron chi connectivity index (χ3n) is 2.01. The molecule has 1 aromatic rings. The predicted octanol–water partition coefficient (Wildman–Crippen LogP) is 0.959. The minimum atomic E-state index is -3.32. The van der Waals surface area contributed by atoms with Gasteiger partial charge in [0.1, 0.15) is 12.4 Å². The van der Waals surface area contributed by atoms with E-state index in [9.17, 15) is 8.42 Å². The van der Waals surface area contributed by atoms with Crippen LogP contribution >= 0.6 is 10.7 Å². The molecule has 1 heterocycles. The molecule has 0 amide bonds. The molecular formula is C8H14ClN2O2S+. The summed E-state index contributed by atoms with van der Waals surface area (Å²) in [6.07, 6.45) is 5.21. The van der Waals surface area contributed by atoms with E-state index in [0.717, 1.165) is 18.8 Å². The van der Waals surface area contributed by atoms with E-state index in [4.69, 9.17) is 10.7 Å². The van der Waals surface area contributed by atoms with E-state index in [2.05, 4.69) is 4.98 Å². The Balaban J connectivity index is 2.26. The molecule has 1 rings (SSSR count). The van der Waals surface area contributed by atoms with E-state index >= 15 is 0 Å². The number of aromatic amines is 1. The molecule has 1 aromatic heterocycles. The molecule has 0 atom stereocenters. The van der Waals surface area contributed by atoms with Crippen molar-refractivity contribution in [2.24, 2.45) is 0 Å². The number of H-pyrrole nitrogens is 1. The smallest absolute Gasteiger partial charge is 0.248 e. The molecule has 0 aliphatic heterocycles. The highest BCUT2D eigenvalue weighted by molar-refractivity contribution is 8.13. The van der Waals surface area contributed by atoms with E-state index in [1.165, 1.54) is 0 Å². The molecule has 0 aliphatic carbocycles. The summed E-state index contributed by atoms with van der Waals surface area (Å²) in [7, 11) is 1.76. The summed E-state index contributed by atoms with van der Waals surface area (Å²) in [5.74, 6) is 1.12. The van der Waals surface area contributed by atoms with Gasteiger partial charge in [-0.2, -0.15) is 0 Å². The van der Waals surface area contributed by atoms with Gasteiger partial charge in [0.25, 0.3) is 5.82 Å². The van der Waals surface area contributed by atoms with Crippen molar-refractivity contribution in [2.45, 2.75) is 26.3 Å². The Bertz CT molecular complexity index is 386. The van der Waals surface area contributed by atoms with Gasteiger partial charge in [-0.1, -0.05) is 0 Å². The summed E-state index contributed by atoms with van der Waals surface area (Å²) in [6, 6.07) is 0. The van der Waals surface area contributed by atoms with Gasteiger partial charge in [-0.25, -0.2) is 18.0 Å². The number of hydrogen-bond donors (Lipinski definition) is 1. The Hall–Kier alpha value is -0.550. The maximum absolute atomic E-state index is 10.6. The summed E-state index contributed by atoms with van der Waals surface area (Å²) < 4.78 is 23.3. The SMILES string of the molecule is Cc1[nH]cc[n+]1CCCCS(=O)(=O)Cl.